The van der Waals surface area contributed by atoms with Crippen molar-refractivity contribution < 1.29 is 14.0 Å². The zero-order chi connectivity index (χ0) is 21.3. The maximum Gasteiger partial charge on any atom is 0.261 e. The van der Waals surface area contributed by atoms with Gasteiger partial charge in [-0.15, -0.1) is 0 Å². The summed E-state index contributed by atoms with van der Waals surface area (Å²) in [7, 11) is 0. The Balaban J connectivity index is 0.000000921. The molecule has 1 aliphatic heterocycles. The second-order valence-corrected chi connectivity index (χ2v) is 6.12. The van der Waals surface area contributed by atoms with Crippen LogP contribution in [-0.4, -0.2) is 36.0 Å². The van der Waals surface area contributed by atoms with Crippen LogP contribution in [0.15, 0.2) is 42.5 Å². The van der Waals surface area contributed by atoms with Gasteiger partial charge in [0.2, 0.25) is 0 Å². The van der Waals surface area contributed by atoms with Crippen molar-refractivity contribution in [2.24, 2.45) is 0 Å². The number of anilines is 1. The van der Waals surface area contributed by atoms with Gasteiger partial charge >= 0.3 is 0 Å². The maximum absolute atomic E-state index is 14.3. The zero-order valence-corrected chi connectivity index (χ0v) is 17.8. The van der Waals surface area contributed by atoms with Crippen LogP contribution >= 0.6 is 11.6 Å². The third-order valence-electron chi connectivity index (χ3n) is 3.94. The van der Waals surface area contributed by atoms with Gasteiger partial charge in [0.05, 0.1) is 17.7 Å². The lowest BCUT2D eigenvalue weighted by Crippen LogP contribution is -2.37. The number of fused-ring (bicyclic) bond motifs is 1. The van der Waals surface area contributed by atoms with Gasteiger partial charge in [0.25, 0.3) is 11.8 Å². The molecule has 1 atom stereocenters. The third kappa shape index (κ3) is 5.55. The lowest BCUT2D eigenvalue weighted by molar-refractivity contribution is 0.0616. The molecule has 0 aromatic heterocycles. The Morgan fingerprint density at radius 2 is 1.54 bits per heavy atom. The predicted octanol–water partition coefficient (Wildman–Crippen LogP) is 5.75. The van der Waals surface area contributed by atoms with Crippen LogP contribution in [0.2, 0.25) is 5.02 Å². The van der Waals surface area contributed by atoms with Crippen LogP contribution in [0.5, 0.6) is 0 Å². The molecule has 1 unspecified atom stereocenters. The molecule has 3 rings (SSSR count). The molecule has 0 radical (unpaired) electrons. The summed E-state index contributed by atoms with van der Waals surface area (Å²) in [6, 6.07) is 11.8. The minimum Gasteiger partial charge on any atom is -0.382 e. The standard InChI is InChI=1S/C18H16ClFN2O2.2C2H6/c1-11-8-13(6-7-16(11)19)21-9-12(20)10-22-17(23)14-4-2-3-5-15(14)18(22)24;2*1-2/h2-8,12,21H,9-10H2,1H3;2*1-2H3. The average Bonchev–Trinajstić information content (AvgIpc) is 2.97. The topological polar surface area (TPSA) is 49.4 Å². The Bertz CT molecular complexity index is 776. The van der Waals surface area contributed by atoms with E-state index in [0.29, 0.717) is 16.1 Å². The third-order valence-corrected chi connectivity index (χ3v) is 4.37. The molecule has 28 heavy (non-hydrogen) atoms. The summed E-state index contributed by atoms with van der Waals surface area (Å²) in [4.78, 5) is 25.4. The number of amides is 2. The Kier molecular flexibility index (Phi) is 9.66. The number of nitrogens with zero attached hydrogens (tertiary/aromatic N) is 1. The number of nitrogens with one attached hydrogen (secondary N) is 1. The maximum atomic E-state index is 14.3. The van der Waals surface area contributed by atoms with Crippen molar-refractivity contribution in [2.75, 3.05) is 18.4 Å². The van der Waals surface area contributed by atoms with Crippen LogP contribution in [0.25, 0.3) is 0 Å². The predicted molar refractivity (Wildman–Crippen MR) is 114 cm³/mol. The molecule has 2 amide bonds. The SMILES string of the molecule is CC.CC.Cc1cc(NCC(F)CN2C(=O)c3ccccc3C2=O)ccc1Cl. The van der Waals surface area contributed by atoms with Crippen molar-refractivity contribution in [3.63, 3.8) is 0 Å². The second-order valence-electron chi connectivity index (χ2n) is 5.71. The molecule has 1 heterocycles. The van der Waals surface area contributed by atoms with Crippen molar-refractivity contribution in [3.8, 4) is 0 Å². The van der Waals surface area contributed by atoms with Crippen LogP contribution in [-0.2, 0) is 0 Å². The highest BCUT2D eigenvalue weighted by atomic mass is 35.5. The molecule has 4 nitrogen and oxygen atoms in total. The number of hydrogen-bond donors (Lipinski definition) is 1. The smallest absolute Gasteiger partial charge is 0.261 e. The number of hydrogen-bond acceptors (Lipinski definition) is 3. The van der Waals surface area contributed by atoms with E-state index in [9.17, 15) is 14.0 Å². The van der Waals surface area contributed by atoms with E-state index < -0.39 is 18.0 Å². The molecule has 2 aromatic rings. The van der Waals surface area contributed by atoms with Crippen molar-refractivity contribution in [1.29, 1.82) is 0 Å². The molecule has 6 heteroatoms. The van der Waals surface area contributed by atoms with Crippen LogP contribution in [0.4, 0.5) is 10.1 Å². The molecule has 1 aliphatic rings. The Morgan fingerprint density at radius 1 is 1.00 bits per heavy atom. The molecule has 0 bridgehead atoms. The molecule has 0 saturated heterocycles. The highest BCUT2D eigenvalue weighted by Gasteiger charge is 2.36. The van der Waals surface area contributed by atoms with Crippen molar-refractivity contribution in [1.82, 2.24) is 4.90 Å². The van der Waals surface area contributed by atoms with Crippen molar-refractivity contribution in [2.45, 2.75) is 40.8 Å². The molecular formula is C22H28ClFN2O2. The fourth-order valence-electron chi connectivity index (χ4n) is 2.65. The van der Waals surface area contributed by atoms with Crippen molar-refractivity contribution >= 4 is 29.1 Å². The lowest BCUT2D eigenvalue weighted by atomic mass is 10.1. The monoisotopic (exact) mass is 406 g/mol. The molecule has 2 aromatic carbocycles. The van der Waals surface area contributed by atoms with E-state index >= 15 is 0 Å². The van der Waals surface area contributed by atoms with Crippen LogP contribution in [0, 0.1) is 6.92 Å². The molecule has 0 aliphatic carbocycles. The van der Waals surface area contributed by atoms with Crippen LogP contribution in [0.3, 0.4) is 0 Å². The lowest BCUT2D eigenvalue weighted by Gasteiger charge is -2.18. The van der Waals surface area contributed by atoms with Gasteiger partial charge in [-0.05, 0) is 42.8 Å². The first-order chi connectivity index (χ1) is 13.5. The van der Waals surface area contributed by atoms with Gasteiger partial charge in [0.15, 0.2) is 0 Å². The Hall–Kier alpha value is -2.40. The quantitative estimate of drug-likeness (QED) is 0.643. The van der Waals surface area contributed by atoms with Gasteiger partial charge in [0.1, 0.15) is 6.17 Å². The number of aryl methyl sites for hydroxylation is 1. The first kappa shape index (κ1) is 23.6. The Labute approximate surface area is 171 Å². The zero-order valence-electron chi connectivity index (χ0n) is 17.1. The number of carbonyl (C=O) groups excluding carboxylic acids is 2. The largest absolute Gasteiger partial charge is 0.382 e. The molecular weight excluding hydrogens is 379 g/mol. The number of carbonyl (C=O) groups is 2. The minimum absolute atomic E-state index is 0.00548. The minimum atomic E-state index is -1.37. The van der Waals surface area contributed by atoms with E-state index in [1.807, 2.05) is 40.7 Å². The molecule has 0 spiro atoms. The van der Waals surface area contributed by atoms with Gasteiger partial charge in [-0.25, -0.2) is 4.39 Å². The second kappa shape index (κ2) is 11.4. The van der Waals surface area contributed by atoms with E-state index in [1.54, 1.807) is 36.4 Å². The summed E-state index contributed by atoms with van der Waals surface area (Å²) in [5.74, 6) is -0.888. The van der Waals surface area contributed by atoms with Crippen LogP contribution in [0.1, 0.15) is 54.0 Å². The van der Waals surface area contributed by atoms with Gasteiger partial charge in [0, 0.05) is 17.3 Å². The number of rotatable bonds is 5. The van der Waals surface area contributed by atoms with Gasteiger partial charge in [-0.1, -0.05) is 51.4 Å². The summed E-state index contributed by atoms with van der Waals surface area (Å²) < 4.78 is 14.3. The summed E-state index contributed by atoms with van der Waals surface area (Å²) in [5, 5.41) is 3.60. The number of halogens is 2. The summed E-state index contributed by atoms with van der Waals surface area (Å²) in [5.41, 5.74) is 2.28. The van der Waals surface area contributed by atoms with Gasteiger partial charge in [-0.3, -0.25) is 14.5 Å². The average molecular weight is 407 g/mol. The van der Waals surface area contributed by atoms with E-state index in [1.165, 1.54) is 0 Å². The van der Waals surface area contributed by atoms with Crippen LogP contribution < -0.4 is 5.32 Å². The van der Waals surface area contributed by atoms with E-state index in [0.717, 1.165) is 16.2 Å². The van der Waals surface area contributed by atoms with Crippen molar-refractivity contribution in [3.05, 3.63) is 64.2 Å². The van der Waals surface area contributed by atoms with Gasteiger partial charge in [-0.2, -0.15) is 0 Å². The molecule has 1 N–H and O–H groups in total. The molecule has 0 saturated carbocycles. The summed E-state index contributed by atoms with van der Waals surface area (Å²) in [6.45, 7) is 9.58. The Morgan fingerprint density at radius 3 is 2.04 bits per heavy atom. The molecule has 152 valence electrons. The number of imide groups is 1. The summed E-state index contributed by atoms with van der Waals surface area (Å²) in [6.07, 6.45) is -1.37. The van der Waals surface area contributed by atoms with E-state index in [-0.39, 0.29) is 13.1 Å². The first-order valence-electron chi connectivity index (χ1n) is 9.56. The van der Waals surface area contributed by atoms with E-state index in [4.69, 9.17) is 11.6 Å². The normalized spacial score (nSPS) is 13.0. The fraction of sp³-hybridized carbons (Fsp3) is 0.364. The first-order valence-corrected chi connectivity index (χ1v) is 9.94. The highest BCUT2D eigenvalue weighted by Crippen LogP contribution is 2.23. The number of benzene rings is 2. The van der Waals surface area contributed by atoms with E-state index in [2.05, 4.69) is 5.32 Å². The molecule has 0 fully saturated rings. The highest BCUT2D eigenvalue weighted by molar-refractivity contribution is 6.31. The number of alkyl halides is 1. The summed E-state index contributed by atoms with van der Waals surface area (Å²) >= 11 is 5.95. The van der Waals surface area contributed by atoms with Gasteiger partial charge < -0.3 is 5.32 Å². The fourth-order valence-corrected chi connectivity index (χ4v) is 2.77.